The molecule has 0 aliphatic carbocycles. The molecular weight excluding hydrogens is 716 g/mol. The molecule has 3 N–H and O–H groups in total. The van der Waals surface area contributed by atoms with Gasteiger partial charge in [0.1, 0.15) is 11.5 Å². The average Bonchev–Trinajstić information content (AvgIpc) is 3.42. The molecular formula is C38H45Cl4N5O3. The molecule has 0 bridgehead atoms. The Morgan fingerprint density at radius 3 is 2.04 bits per heavy atom. The third kappa shape index (κ3) is 12.8. The number of anilines is 2. The molecule has 3 amide bonds. The minimum atomic E-state index is -0.310. The zero-order valence-electron chi connectivity index (χ0n) is 28.4. The molecule has 1 fully saturated rings. The zero-order chi connectivity index (χ0) is 35.9. The maximum atomic E-state index is 12.7. The minimum absolute atomic E-state index is 0.0272. The molecule has 0 spiro atoms. The number of nitrogens with one attached hydrogen (secondary N) is 3. The molecule has 8 nitrogen and oxygen atoms in total. The lowest BCUT2D eigenvalue weighted by Gasteiger charge is -2.19. The predicted octanol–water partition coefficient (Wildman–Crippen LogP) is 10.4. The minimum Gasteiger partial charge on any atom is -0.355 e. The van der Waals surface area contributed by atoms with Crippen molar-refractivity contribution in [3.05, 3.63) is 85.8 Å². The largest absolute Gasteiger partial charge is 0.355 e. The van der Waals surface area contributed by atoms with E-state index >= 15 is 0 Å². The first-order valence-corrected chi connectivity index (χ1v) is 18.9. The second kappa shape index (κ2) is 20.5. The van der Waals surface area contributed by atoms with Crippen LogP contribution in [0.1, 0.15) is 95.1 Å². The van der Waals surface area contributed by atoms with Gasteiger partial charge in [0.2, 0.25) is 11.8 Å². The molecule has 1 aliphatic rings. The van der Waals surface area contributed by atoms with Crippen molar-refractivity contribution in [2.45, 2.75) is 96.8 Å². The van der Waals surface area contributed by atoms with Crippen LogP contribution in [0.15, 0.2) is 59.6 Å². The van der Waals surface area contributed by atoms with E-state index in [0.29, 0.717) is 22.2 Å². The summed E-state index contributed by atoms with van der Waals surface area (Å²) >= 11 is 25.0. The van der Waals surface area contributed by atoms with Crippen molar-refractivity contribution in [2.75, 3.05) is 16.9 Å². The van der Waals surface area contributed by atoms with Crippen LogP contribution in [0.3, 0.4) is 0 Å². The quantitative estimate of drug-likeness (QED) is 0.106. The van der Waals surface area contributed by atoms with E-state index in [1.54, 1.807) is 18.2 Å². The molecule has 268 valence electrons. The molecule has 1 heterocycles. The fourth-order valence-corrected chi connectivity index (χ4v) is 6.90. The van der Waals surface area contributed by atoms with Gasteiger partial charge in [-0.2, -0.15) is 0 Å². The maximum absolute atomic E-state index is 12.7. The first-order valence-electron chi connectivity index (χ1n) is 17.4. The maximum Gasteiger partial charge on any atom is 0.253 e. The number of benzene rings is 3. The molecule has 3 aromatic carbocycles. The van der Waals surface area contributed by atoms with Gasteiger partial charge in [-0.05, 0) is 54.3 Å². The van der Waals surface area contributed by atoms with E-state index in [4.69, 9.17) is 46.4 Å². The van der Waals surface area contributed by atoms with Gasteiger partial charge >= 0.3 is 0 Å². The molecule has 0 atom stereocenters. The number of hydrazine groups is 1. The molecule has 1 aliphatic heterocycles. The average molecular weight is 762 g/mol. The van der Waals surface area contributed by atoms with Crippen molar-refractivity contribution in [1.82, 2.24) is 10.7 Å². The van der Waals surface area contributed by atoms with E-state index < -0.39 is 0 Å². The lowest BCUT2D eigenvalue weighted by atomic mass is 10.0. The standard InChI is InChI=1S/C38H45Cl4N5O3/c1-2-3-4-5-6-7-8-9-10-11-12-26-13-15-27(16-14-26)21-36(49)43-20-19-35(48)44-29-17-18-33(30(40)24-29)45-34-25-37(50)47(46-34)38-31(41)22-28(39)23-32(38)42/h13-18,22-24H,2-12,19-21,25H2,1H3,(H,43,49)(H,44,48)(H,45,46). The summed E-state index contributed by atoms with van der Waals surface area (Å²) in [5.74, 6) is -0.376. The molecule has 1 saturated heterocycles. The second-order valence-corrected chi connectivity index (χ2v) is 14.2. The fourth-order valence-electron chi connectivity index (χ4n) is 5.69. The number of aliphatic imine (C=N–C) groups is 1. The van der Waals surface area contributed by atoms with Gasteiger partial charge in [0.05, 0.1) is 33.6 Å². The predicted molar refractivity (Wildman–Crippen MR) is 207 cm³/mol. The van der Waals surface area contributed by atoms with Crippen molar-refractivity contribution < 1.29 is 14.4 Å². The van der Waals surface area contributed by atoms with Crippen LogP contribution >= 0.6 is 46.4 Å². The number of hydrogen-bond donors (Lipinski definition) is 3. The lowest BCUT2D eigenvalue weighted by Crippen LogP contribution is -2.36. The highest BCUT2D eigenvalue weighted by molar-refractivity contribution is 6.42. The summed E-state index contributed by atoms with van der Waals surface area (Å²) in [5.41, 5.74) is 6.30. The third-order valence-electron chi connectivity index (χ3n) is 8.38. The van der Waals surface area contributed by atoms with Crippen LogP contribution in [-0.4, -0.2) is 30.1 Å². The number of hydrogen-bond acceptors (Lipinski definition) is 4. The van der Waals surface area contributed by atoms with Gasteiger partial charge in [0, 0.05) is 23.7 Å². The van der Waals surface area contributed by atoms with Crippen molar-refractivity contribution >= 4 is 87.0 Å². The second-order valence-electron chi connectivity index (χ2n) is 12.5. The Morgan fingerprint density at radius 2 is 1.40 bits per heavy atom. The highest BCUT2D eigenvalue weighted by atomic mass is 35.5. The summed E-state index contributed by atoms with van der Waals surface area (Å²) in [6.07, 6.45) is 14.6. The van der Waals surface area contributed by atoms with Crippen LogP contribution in [0.25, 0.3) is 0 Å². The molecule has 0 saturated carbocycles. The Hall–Kier alpha value is -3.30. The summed E-state index contributed by atoms with van der Waals surface area (Å²) in [4.78, 5) is 42.2. The highest BCUT2D eigenvalue weighted by Gasteiger charge is 2.30. The van der Waals surface area contributed by atoms with E-state index in [1.165, 1.54) is 86.9 Å². The summed E-state index contributed by atoms with van der Waals surface area (Å²) in [6, 6.07) is 16.1. The number of amidine groups is 1. The van der Waals surface area contributed by atoms with Gasteiger partial charge < -0.3 is 10.6 Å². The molecule has 3 aromatic rings. The van der Waals surface area contributed by atoms with E-state index in [1.807, 2.05) is 12.1 Å². The van der Waals surface area contributed by atoms with Crippen molar-refractivity contribution in [1.29, 1.82) is 0 Å². The van der Waals surface area contributed by atoms with Gasteiger partial charge in [-0.1, -0.05) is 135 Å². The molecule has 12 heteroatoms. The summed E-state index contributed by atoms with van der Waals surface area (Å²) < 4.78 is 0. The number of nitrogens with zero attached hydrogens (tertiary/aromatic N) is 2. The van der Waals surface area contributed by atoms with Gasteiger partial charge in [-0.25, -0.2) is 10.0 Å². The van der Waals surface area contributed by atoms with Gasteiger partial charge in [-0.3, -0.25) is 19.8 Å². The van der Waals surface area contributed by atoms with Crippen LogP contribution in [-0.2, 0) is 27.2 Å². The topological polar surface area (TPSA) is 103 Å². The number of unbranched alkanes of at least 4 members (excludes halogenated alkanes) is 9. The van der Waals surface area contributed by atoms with Crippen molar-refractivity contribution in [3.63, 3.8) is 0 Å². The normalized spacial score (nSPS) is 13.5. The molecule has 0 unspecified atom stereocenters. The van der Waals surface area contributed by atoms with Crippen molar-refractivity contribution in [3.8, 4) is 0 Å². The Kier molecular flexibility index (Phi) is 16.2. The van der Waals surface area contributed by atoms with E-state index in [2.05, 4.69) is 40.1 Å². The number of amides is 3. The van der Waals surface area contributed by atoms with Gasteiger partial charge in [-0.15, -0.1) is 0 Å². The number of aryl methyl sites for hydroxylation is 1. The monoisotopic (exact) mass is 759 g/mol. The Labute approximate surface area is 315 Å². The first-order chi connectivity index (χ1) is 24.1. The van der Waals surface area contributed by atoms with Crippen LogP contribution < -0.4 is 21.1 Å². The number of halogens is 4. The molecule has 0 aromatic heterocycles. The zero-order valence-corrected chi connectivity index (χ0v) is 31.5. The van der Waals surface area contributed by atoms with Crippen LogP contribution in [0.2, 0.25) is 20.1 Å². The Morgan fingerprint density at radius 1 is 0.780 bits per heavy atom. The summed E-state index contributed by atoms with van der Waals surface area (Å²) in [6.45, 7) is 2.46. The first kappa shape index (κ1) is 39.5. The molecule has 0 radical (unpaired) electrons. The van der Waals surface area contributed by atoms with E-state index in [0.717, 1.165) is 12.0 Å². The smallest absolute Gasteiger partial charge is 0.253 e. The SMILES string of the molecule is CCCCCCCCCCCCc1ccc(CC(=O)NCCC(=O)Nc2ccc(N=C3CC(=O)N(c4c(Cl)cc(Cl)cc4Cl)N3)c(Cl)c2)cc1. The van der Waals surface area contributed by atoms with Crippen LogP contribution in [0, 0.1) is 0 Å². The van der Waals surface area contributed by atoms with Gasteiger partial charge in [0.15, 0.2) is 0 Å². The third-order valence-corrected chi connectivity index (χ3v) is 9.48. The molecule has 50 heavy (non-hydrogen) atoms. The highest BCUT2D eigenvalue weighted by Crippen LogP contribution is 2.37. The van der Waals surface area contributed by atoms with Crippen molar-refractivity contribution in [2.24, 2.45) is 4.99 Å². The van der Waals surface area contributed by atoms with E-state index in [9.17, 15) is 14.4 Å². The number of carbonyl (C=O) groups is 3. The summed E-state index contributed by atoms with van der Waals surface area (Å²) in [7, 11) is 0. The van der Waals surface area contributed by atoms with Crippen LogP contribution in [0.5, 0.6) is 0 Å². The van der Waals surface area contributed by atoms with Crippen LogP contribution in [0.4, 0.5) is 17.1 Å². The fraction of sp³-hybridized carbons (Fsp3) is 0.421. The molecule has 4 rings (SSSR count). The summed E-state index contributed by atoms with van der Waals surface area (Å²) in [5, 5.41) is 7.86. The Balaban J connectivity index is 1.13. The number of rotatable bonds is 19. The lowest BCUT2D eigenvalue weighted by molar-refractivity contribution is -0.121. The van der Waals surface area contributed by atoms with Gasteiger partial charge in [0.25, 0.3) is 5.91 Å². The number of carbonyl (C=O) groups excluding carboxylic acids is 3. The van der Waals surface area contributed by atoms with E-state index in [-0.39, 0.29) is 64.3 Å². The Bertz CT molecular complexity index is 1620.